The number of carbonyl (C=O) groups excluding carboxylic acids is 1. The molecule has 0 spiro atoms. The SMILES string of the molecule is CCNC(=O)C(C)Oc1cc(Br)ccc1Cl. The monoisotopic (exact) mass is 305 g/mol. The molecule has 5 heteroatoms. The molecule has 1 atom stereocenters. The lowest BCUT2D eigenvalue weighted by Crippen LogP contribution is -2.36. The topological polar surface area (TPSA) is 38.3 Å². The van der Waals surface area contributed by atoms with Crippen LogP contribution in [0, 0.1) is 0 Å². The Hall–Kier alpha value is -0.740. The Kier molecular flexibility index (Phi) is 5.09. The molecule has 0 aromatic heterocycles. The first-order valence-corrected chi connectivity index (χ1v) is 6.11. The molecule has 1 amide bonds. The molecule has 16 heavy (non-hydrogen) atoms. The van der Waals surface area contributed by atoms with Crippen LogP contribution in [-0.4, -0.2) is 18.6 Å². The maximum atomic E-state index is 11.5. The molecule has 0 radical (unpaired) electrons. The average molecular weight is 307 g/mol. The zero-order chi connectivity index (χ0) is 12.1. The fourth-order valence-electron chi connectivity index (χ4n) is 1.13. The molecule has 0 saturated heterocycles. The number of hydrogen-bond donors (Lipinski definition) is 1. The molecular formula is C11H13BrClNO2. The summed E-state index contributed by atoms with van der Waals surface area (Å²) in [6, 6.07) is 5.26. The van der Waals surface area contributed by atoms with Gasteiger partial charge >= 0.3 is 0 Å². The van der Waals surface area contributed by atoms with Gasteiger partial charge in [-0.1, -0.05) is 27.5 Å². The second-order valence-electron chi connectivity index (χ2n) is 3.23. The van der Waals surface area contributed by atoms with Crippen LogP contribution in [0.4, 0.5) is 0 Å². The van der Waals surface area contributed by atoms with Crippen LogP contribution in [0.1, 0.15) is 13.8 Å². The van der Waals surface area contributed by atoms with Crippen LogP contribution in [0.2, 0.25) is 5.02 Å². The van der Waals surface area contributed by atoms with E-state index in [4.69, 9.17) is 16.3 Å². The summed E-state index contributed by atoms with van der Waals surface area (Å²) in [7, 11) is 0. The third-order valence-corrected chi connectivity index (χ3v) is 2.72. The molecule has 1 aromatic carbocycles. The maximum Gasteiger partial charge on any atom is 0.260 e. The fourth-order valence-corrected chi connectivity index (χ4v) is 1.63. The summed E-state index contributed by atoms with van der Waals surface area (Å²) < 4.78 is 6.32. The van der Waals surface area contributed by atoms with E-state index in [-0.39, 0.29) is 5.91 Å². The van der Waals surface area contributed by atoms with Crippen molar-refractivity contribution in [2.24, 2.45) is 0 Å². The minimum atomic E-state index is -0.563. The third kappa shape index (κ3) is 3.68. The number of benzene rings is 1. The van der Waals surface area contributed by atoms with Crippen LogP contribution in [0.3, 0.4) is 0 Å². The van der Waals surface area contributed by atoms with Gasteiger partial charge in [-0.25, -0.2) is 0 Å². The minimum Gasteiger partial charge on any atom is -0.479 e. The normalized spacial score (nSPS) is 12.0. The van der Waals surface area contributed by atoms with Gasteiger partial charge in [0.2, 0.25) is 0 Å². The van der Waals surface area contributed by atoms with E-state index in [9.17, 15) is 4.79 Å². The third-order valence-electron chi connectivity index (χ3n) is 1.92. The van der Waals surface area contributed by atoms with Crippen molar-refractivity contribution >= 4 is 33.4 Å². The van der Waals surface area contributed by atoms with Gasteiger partial charge in [-0.3, -0.25) is 4.79 Å². The highest BCUT2D eigenvalue weighted by Crippen LogP contribution is 2.28. The number of hydrogen-bond acceptors (Lipinski definition) is 2. The van der Waals surface area contributed by atoms with Gasteiger partial charge in [0.05, 0.1) is 5.02 Å². The van der Waals surface area contributed by atoms with Crippen LogP contribution in [0.25, 0.3) is 0 Å². The average Bonchev–Trinajstić information content (AvgIpc) is 2.23. The van der Waals surface area contributed by atoms with Gasteiger partial charge in [0, 0.05) is 11.0 Å². The lowest BCUT2D eigenvalue weighted by molar-refractivity contribution is -0.127. The van der Waals surface area contributed by atoms with Crippen LogP contribution < -0.4 is 10.1 Å². The number of halogens is 2. The molecule has 88 valence electrons. The van der Waals surface area contributed by atoms with Crippen molar-refractivity contribution in [2.75, 3.05) is 6.54 Å². The van der Waals surface area contributed by atoms with Gasteiger partial charge in [0.15, 0.2) is 6.10 Å². The van der Waals surface area contributed by atoms with E-state index in [1.807, 2.05) is 13.0 Å². The van der Waals surface area contributed by atoms with E-state index in [1.165, 1.54) is 0 Å². The molecule has 0 fully saturated rings. The largest absolute Gasteiger partial charge is 0.479 e. The highest BCUT2D eigenvalue weighted by molar-refractivity contribution is 9.10. The number of amides is 1. The summed E-state index contributed by atoms with van der Waals surface area (Å²) in [4.78, 5) is 11.5. The molecule has 3 nitrogen and oxygen atoms in total. The minimum absolute atomic E-state index is 0.154. The number of carbonyl (C=O) groups is 1. The Balaban J connectivity index is 2.72. The van der Waals surface area contributed by atoms with E-state index in [1.54, 1.807) is 19.1 Å². The van der Waals surface area contributed by atoms with Crippen molar-refractivity contribution in [1.29, 1.82) is 0 Å². The number of ether oxygens (including phenoxy) is 1. The van der Waals surface area contributed by atoms with E-state index in [0.717, 1.165) is 4.47 Å². The summed E-state index contributed by atoms with van der Waals surface area (Å²) in [6.45, 7) is 4.12. The van der Waals surface area contributed by atoms with Crippen LogP contribution >= 0.6 is 27.5 Å². The molecule has 1 unspecified atom stereocenters. The zero-order valence-electron chi connectivity index (χ0n) is 9.09. The summed E-state index contributed by atoms with van der Waals surface area (Å²) in [6.07, 6.45) is -0.563. The van der Waals surface area contributed by atoms with Crippen molar-refractivity contribution in [3.05, 3.63) is 27.7 Å². The smallest absolute Gasteiger partial charge is 0.260 e. The fraction of sp³-hybridized carbons (Fsp3) is 0.364. The summed E-state index contributed by atoms with van der Waals surface area (Å²) in [5.74, 6) is 0.341. The van der Waals surface area contributed by atoms with Gasteiger partial charge < -0.3 is 10.1 Å². The summed E-state index contributed by atoms with van der Waals surface area (Å²) in [5, 5.41) is 3.17. The molecule has 1 N–H and O–H groups in total. The number of nitrogens with one attached hydrogen (secondary N) is 1. The summed E-state index contributed by atoms with van der Waals surface area (Å²) in [5.41, 5.74) is 0. The standard InChI is InChI=1S/C11H13BrClNO2/c1-3-14-11(15)7(2)16-10-6-8(12)4-5-9(10)13/h4-7H,3H2,1-2H3,(H,14,15). The predicted molar refractivity (Wildman–Crippen MR) is 67.9 cm³/mol. The van der Waals surface area contributed by atoms with Gasteiger partial charge in [-0.05, 0) is 32.0 Å². The first-order valence-electron chi connectivity index (χ1n) is 4.94. The lowest BCUT2D eigenvalue weighted by atomic mass is 10.3. The maximum absolute atomic E-state index is 11.5. The van der Waals surface area contributed by atoms with Crippen LogP contribution in [0.5, 0.6) is 5.75 Å². The van der Waals surface area contributed by atoms with Crippen LogP contribution in [0.15, 0.2) is 22.7 Å². The highest BCUT2D eigenvalue weighted by atomic mass is 79.9. The molecule has 0 saturated carbocycles. The van der Waals surface area contributed by atoms with Crippen LogP contribution in [-0.2, 0) is 4.79 Å². The number of likely N-dealkylation sites (N-methyl/N-ethyl adjacent to an activating group) is 1. The van der Waals surface area contributed by atoms with E-state index < -0.39 is 6.10 Å². The van der Waals surface area contributed by atoms with Crippen molar-refractivity contribution < 1.29 is 9.53 Å². The second-order valence-corrected chi connectivity index (χ2v) is 4.55. The van der Waals surface area contributed by atoms with E-state index in [0.29, 0.717) is 17.3 Å². The molecule has 0 aliphatic rings. The Bertz CT molecular complexity index is 384. The predicted octanol–water partition coefficient (Wildman–Crippen LogP) is 3.01. The molecular weight excluding hydrogens is 293 g/mol. The Morgan fingerprint density at radius 3 is 2.94 bits per heavy atom. The molecule has 1 aromatic rings. The molecule has 0 bridgehead atoms. The van der Waals surface area contributed by atoms with Gasteiger partial charge in [0.25, 0.3) is 5.91 Å². The van der Waals surface area contributed by atoms with Crippen molar-refractivity contribution in [3.8, 4) is 5.75 Å². The van der Waals surface area contributed by atoms with Gasteiger partial charge in [0.1, 0.15) is 5.75 Å². The van der Waals surface area contributed by atoms with Crippen molar-refractivity contribution in [1.82, 2.24) is 5.32 Å². The Morgan fingerprint density at radius 1 is 1.62 bits per heavy atom. The molecule has 0 aliphatic heterocycles. The first kappa shape index (κ1) is 13.3. The molecule has 1 rings (SSSR count). The van der Waals surface area contributed by atoms with E-state index >= 15 is 0 Å². The molecule has 0 aliphatic carbocycles. The highest BCUT2D eigenvalue weighted by Gasteiger charge is 2.15. The lowest BCUT2D eigenvalue weighted by Gasteiger charge is -2.15. The Morgan fingerprint density at radius 2 is 2.31 bits per heavy atom. The van der Waals surface area contributed by atoms with Gasteiger partial charge in [-0.2, -0.15) is 0 Å². The quantitative estimate of drug-likeness (QED) is 0.928. The zero-order valence-corrected chi connectivity index (χ0v) is 11.4. The Labute approximate surface area is 108 Å². The first-order chi connectivity index (χ1) is 7.54. The van der Waals surface area contributed by atoms with Crippen molar-refractivity contribution in [3.63, 3.8) is 0 Å². The van der Waals surface area contributed by atoms with Gasteiger partial charge in [-0.15, -0.1) is 0 Å². The number of rotatable bonds is 4. The van der Waals surface area contributed by atoms with E-state index in [2.05, 4.69) is 21.2 Å². The molecule has 0 heterocycles. The summed E-state index contributed by atoms with van der Waals surface area (Å²) >= 11 is 9.26. The second kappa shape index (κ2) is 6.11. The van der Waals surface area contributed by atoms with Crippen molar-refractivity contribution in [2.45, 2.75) is 20.0 Å².